The Balaban J connectivity index is 2.23. The third kappa shape index (κ3) is 3.13. The fourth-order valence-corrected chi connectivity index (χ4v) is 1.90. The standard InChI is InChI=1S/C15H18N4O/c1-9-4-5-13(6-10(9)2)18-15(20)12-7-11(3)17-14(8-12)19-16/h4-8H,16H2,1-3H3,(H,17,19)(H,18,20). The minimum Gasteiger partial charge on any atom is -0.322 e. The molecule has 0 bridgehead atoms. The van der Waals surface area contributed by atoms with Gasteiger partial charge in [0.1, 0.15) is 5.82 Å². The Kier molecular flexibility index (Phi) is 4.00. The number of anilines is 2. The van der Waals surface area contributed by atoms with Crippen molar-refractivity contribution in [2.24, 2.45) is 5.84 Å². The summed E-state index contributed by atoms with van der Waals surface area (Å²) in [5.41, 5.74) is 6.80. The number of nitrogens with one attached hydrogen (secondary N) is 2. The first-order valence-electron chi connectivity index (χ1n) is 6.33. The fraction of sp³-hybridized carbons (Fsp3) is 0.200. The van der Waals surface area contributed by atoms with Gasteiger partial charge in [-0.05, 0) is 56.2 Å². The van der Waals surface area contributed by atoms with Crippen molar-refractivity contribution in [2.75, 3.05) is 10.7 Å². The minimum atomic E-state index is -0.185. The summed E-state index contributed by atoms with van der Waals surface area (Å²) in [5, 5.41) is 2.87. The maximum absolute atomic E-state index is 12.2. The Morgan fingerprint density at radius 1 is 1.10 bits per heavy atom. The highest BCUT2D eigenvalue weighted by Gasteiger charge is 2.09. The van der Waals surface area contributed by atoms with Gasteiger partial charge in [0, 0.05) is 16.9 Å². The van der Waals surface area contributed by atoms with E-state index < -0.39 is 0 Å². The van der Waals surface area contributed by atoms with Crippen molar-refractivity contribution in [1.29, 1.82) is 0 Å². The minimum absolute atomic E-state index is 0.185. The molecule has 0 aliphatic carbocycles. The number of benzene rings is 1. The normalized spacial score (nSPS) is 10.2. The maximum atomic E-state index is 12.2. The lowest BCUT2D eigenvalue weighted by Gasteiger charge is -2.09. The summed E-state index contributed by atoms with van der Waals surface area (Å²) in [6, 6.07) is 9.15. The van der Waals surface area contributed by atoms with Crippen LogP contribution in [0.15, 0.2) is 30.3 Å². The number of aryl methyl sites for hydroxylation is 3. The van der Waals surface area contributed by atoms with E-state index >= 15 is 0 Å². The van der Waals surface area contributed by atoms with Crippen molar-refractivity contribution in [3.8, 4) is 0 Å². The summed E-state index contributed by atoms with van der Waals surface area (Å²) in [4.78, 5) is 16.4. The fourth-order valence-electron chi connectivity index (χ4n) is 1.90. The molecule has 4 N–H and O–H groups in total. The molecule has 0 spiro atoms. The molecule has 0 atom stereocenters. The summed E-state index contributed by atoms with van der Waals surface area (Å²) in [5.74, 6) is 5.62. The Bertz CT molecular complexity index is 652. The average molecular weight is 270 g/mol. The van der Waals surface area contributed by atoms with E-state index in [9.17, 15) is 4.79 Å². The lowest BCUT2D eigenvalue weighted by Crippen LogP contribution is -2.15. The molecule has 0 radical (unpaired) electrons. The van der Waals surface area contributed by atoms with Crippen LogP contribution in [-0.2, 0) is 0 Å². The second kappa shape index (κ2) is 5.71. The molecule has 1 aromatic heterocycles. The highest BCUT2D eigenvalue weighted by molar-refractivity contribution is 6.04. The molecule has 0 fully saturated rings. The number of carbonyl (C=O) groups is 1. The quantitative estimate of drug-likeness (QED) is 0.591. The molecule has 0 saturated heterocycles. The first-order valence-corrected chi connectivity index (χ1v) is 6.33. The molecular formula is C15H18N4O. The number of carbonyl (C=O) groups excluding carboxylic acids is 1. The van der Waals surface area contributed by atoms with Crippen molar-refractivity contribution in [1.82, 2.24) is 4.98 Å². The topological polar surface area (TPSA) is 80.0 Å². The third-order valence-electron chi connectivity index (χ3n) is 3.13. The van der Waals surface area contributed by atoms with E-state index in [1.165, 1.54) is 5.56 Å². The Morgan fingerprint density at radius 2 is 1.85 bits per heavy atom. The number of rotatable bonds is 3. The van der Waals surface area contributed by atoms with Crippen LogP contribution < -0.4 is 16.6 Å². The van der Waals surface area contributed by atoms with E-state index in [-0.39, 0.29) is 5.91 Å². The van der Waals surface area contributed by atoms with Gasteiger partial charge in [0.25, 0.3) is 5.91 Å². The van der Waals surface area contributed by atoms with Crippen molar-refractivity contribution < 1.29 is 4.79 Å². The number of aromatic nitrogens is 1. The van der Waals surface area contributed by atoms with Gasteiger partial charge in [0.05, 0.1) is 0 Å². The zero-order chi connectivity index (χ0) is 14.7. The molecule has 2 rings (SSSR count). The number of nitrogens with zero attached hydrogens (tertiary/aromatic N) is 1. The predicted octanol–water partition coefficient (Wildman–Crippen LogP) is 2.54. The van der Waals surface area contributed by atoms with Crippen LogP contribution in [0.4, 0.5) is 11.5 Å². The molecule has 1 amide bonds. The lowest BCUT2D eigenvalue weighted by atomic mass is 10.1. The second-order valence-corrected chi connectivity index (χ2v) is 4.78. The van der Waals surface area contributed by atoms with Gasteiger partial charge in [0.2, 0.25) is 0 Å². The zero-order valence-electron chi connectivity index (χ0n) is 11.8. The van der Waals surface area contributed by atoms with E-state index in [1.807, 2.05) is 39.0 Å². The van der Waals surface area contributed by atoms with Crippen LogP contribution in [0.5, 0.6) is 0 Å². The number of amides is 1. The van der Waals surface area contributed by atoms with Gasteiger partial charge in [-0.2, -0.15) is 0 Å². The Labute approximate surface area is 118 Å². The molecule has 1 aromatic carbocycles. The maximum Gasteiger partial charge on any atom is 0.255 e. The monoisotopic (exact) mass is 270 g/mol. The van der Waals surface area contributed by atoms with Crippen molar-refractivity contribution >= 4 is 17.4 Å². The first-order chi connectivity index (χ1) is 9.49. The molecular weight excluding hydrogens is 252 g/mol. The van der Waals surface area contributed by atoms with E-state index in [0.717, 1.165) is 16.9 Å². The van der Waals surface area contributed by atoms with Crippen LogP contribution in [-0.4, -0.2) is 10.9 Å². The molecule has 1 heterocycles. The summed E-state index contributed by atoms with van der Waals surface area (Å²) < 4.78 is 0. The molecule has 5 heteroatoms. The number of nitrogens with two attached hydrogens (primary N) is 1. The van der Waals surface area contributed by atoms with Gasteiger partial charge in [-0.1, -0.05) is 6.07 Å². The van der Waals surface area contributed by atoms with Crippen LogP contribution in [0.2, 0.25) is 0 Å². The molecule has 5 nitrogen and oxygen atoms in total. The van der Waals surface area contributed by atoms with Crippen LogP contribution in [0, 0.1) is 20.8 Å². The number of nitrogen functional groups attached to an aromatic ring is 1. The van der Waals surface area contributed by atoms with Gasteiger partial charge in [-0.15, -0.1) is 0 Å². The van der Waals surface area contributed by atoms with E-state index in [1.54, 1.807) is 12.1 Å². The van der Waals surface area contributed by atoms with Crippen LogP contribution in [0.25, 0.3) is 0 Å². The number of pyridine rings is 1. The van der Waals surface area contributed by atoms with E-state index in [0.29, 0.717) is 11.4 Å². The third-order valence-corrected chi connectivity index (χ3v) is 3.13. The van der Waals surface area contributed by atoms with Gasteiger partial charge in [-0.3, -0.25) is 4.79 Å². The number of hydrogen-bond donors (Lipinski definition) is 3. The SMILES string of the molecule is Cc1cc(C(=O)Nc2ccc(C)c(C)c2)cc(NN)n1. The largest absolute Gasteiger partial charge is 0.322 e. The van der Waals surface area contributed by atoms with Gasteiger partial charge in [-0.25, -0.2) is 10.8 Å². The lowest BCUT2D eigenvalue weighted by molar-refractivity contribution is 0.102. The van der Waals surface area contributed by atoms with Crippen molar-refractivity contribution in [2.45, 2.75) is 20.8 Å². The smallest absolute Gasteiger partial charge is 0.255 e. The number of hydrogen-bond acceptors (Lipinski definition) is 4. The average Bonchev–Trinajstić information content (AvgIpc) is 2.42. The van der Waals surface area contributed by atoms with E-state index in [2.05, 4.69) is 15.7 Å². The Morgan fingerprint density at radius 3 is 2.50 bits per heavy atom. The highest BCUT2D eigenvalue weighted by atomic mass is 16.1. The van der Waals surface area contributed by atoms with Gasteiger partial charge in [0.15, 0.2) is 0 Å². The van der Waals surface area contributed by atoms with Crippen LogP contribution >= 0.6 is 0 Å². The predicted molar refractivity (Wildman–Crippen MR) is 80.7 cm³/mol. The van der Waals surface area contributed by atoms with E-state index in [4.69, 9.17) is 5.84 Å². The molecule has 20 heavy (non-hydrogen) atoms. The second-order valence-electron chi connectivity index (χ2n) is 4.78. The molecule has 2 aromatic rings. The Hall–Kier alpha value is -2.40. The van der Waals surface area contributed by atoms with Crippen molar-refractivity contribution in [3.63, 3.8) is 0 Å². The molecule has 0 aliphatic rings. The molecule has 0 unspecified atom stereocenters. The molecule has 0 saturated carbocycles. The number of hydrazine groups is 1. The summed E-state index contributed by atoms with van der Waals surface area (Å²) in [7, 11) is 0. The molecule has 0 aliphatic heterocycles. The summed E-state index contributed by atoms with van der Waals surface area (Å²) >= 11 is 0. The zero-order valence-corrected chi connectivity index (χ0v) is 11.8. The summed E-state index contributed by atoms with van der Waals surface area (Å²) in [6.45, 7) is 5.86. The van der Waals surface area contributed by atoms with Gasteiger partial charge >= 0.3 is 0 Å². The molecule has 104 valence electrons. The van der Waals surface area contributed by atoms with Crippen LogP contribution in [0.3, 0.4) is 0 Å². The highest BCUT2D eigenvalue weighted by Crippen LogP contribution is 2.16. The van der Waals surface area contributed by atoms with Crippen molar-refractivity contribution in [3.05, 3.63) is 52.7 Å². The first kappa shape index (κ1) is 14.0. The summed E-state index contributed by atoms with van der Waals surface area (Å²) in [6.07, 6.45) is 0. The van der Waals surface area contributed by atoms with Gasteiger partial charge < -0.3 is 10.7 Å². The van der Waals surface area contributed by atoms with Crippen LogP contribution in [0.1, 0.15) is 27.2 Å².